The van der Waals surface area contributed by atoms with Gasteiger partial charge in [-0.05, 0) is 29.8 Å². The third kappa shape index (κ3) is 4.73. The smallest absolute Gasteiger partial charge is 0.340 e. The minimum Gasteiger partial charge on any atom is -0.493 e. The molecule has 0 bridgehead atoms. The molecular weight excluding hydrogens is 381 g/mol. The van der Waals surface area contributed by atoms with Crippen LogP contribution in [0.2, 0.25) is 0 Å². The highest BCUT2D eigenvalue weighted by molar-refractivity contribution is 6.07. The Morgan fingerprint density at radius 2 is 1.72 bits per heavy atom. The van der Waals surface area contributed by atoms with E-state index >= 15 is 0 Å². The summed E-state index contributed by atoms with van der Waals surface area (Å²) >= 11 is 0. The summed E-state index contributed by atoms with van der Waals surface area (Å²) in [7, 11) is 2.86. The zero-order valence-corrected chi connectivity index (χ0v) is 15.7. The number of halogens is 1. The van der Waals surface area contributed by atoms with Gasteiger partial charge < -0.3 is 23.9 Å². The number of furan rings is 1. The molecule has 1 N–H and O–H groups in total. The molecule has 0 atom stereocenters. The van der Waals surface area contributed by atoms with E-state index < -0.39 is 11.9 Å². The Morgan fingerprint density at radius 3 is 2.34 bits per heavy atom. The molecule has 29 heavy (non-hydrogen) atoms. The lowest BCUT2D eigenvalue weighted by molar-refractivity contribution is 0.0473. The third-order valence-electron chi connectivity index (χ3n) is 4.02. The zero-order chi connectivity index (χ0) is 20.8. The molecule has 0 saturated heterocycles. The van der Waals surface area contributed by atoms with Crippen molar-refractivity contribution in [2.24, 2.45) is 0 Å². The fourth-order valence-electron chi connectivity index (χ4n) is 2.55. The number of hydrogen-bond acceptors (Lipinski definition) is 6. The van der Waals surface area contributed by atoms with E-state index in [1.807, 2.05) is 0 Å². The van der Waals surface area contributed by atoms with Crippen LogP contribution >= 0.6 is 0 Å². The Labute approximate surface area is 166 Å². The van der Waals surface area contributed by atoms with Gasteiger partial charge in [0, 0.05) is 12.1 Å². The summed E-state index contributed by atoms with van der Waals surface area (Å²) in [5.74, 6) is -0.956. The molecule has 0 saturated carbocycles. The van der Waals surface area contributed by atoms with E-state index in [0.29, 0.717) is 11.3 Å². The quantitative estimate of drug-likeness (QED) is 0.604. The minimum absolute atomic E-state index is 0.0599. The average molecular weight is 399 g/mol. The molecule has 0 radical (unpaired) electrons. The van der Waals surface area contributed by atoms with Crippen LogP contribution in [0.25, 0.3) is 0 Å². The van der Waals surface area contributed by atoms with E-state index in [9.17, 15) is 14.0 Å². The SMILES string of the molecule is COc1cc(NC(=O)c2ccco2)c(C(=O)OCc2ccc(F)cc2)cc1OC. The lowest BCUT2D eigenvalue weighted by Crippen LogP contribution is -2.16. The fourth-order valence-corrected chi connectivity index (χ4v) is 2.55. The molecule has 0 unspecified atom stereocenters. The van der Waals surface area contributed by atoms with Gasteiger partial charge in [0.2, 0.25) is 0 Å². The van der Waals surface area contributed by atoms with E-state index in [4.69, 9.17) is 18.6 Å². The first-order valence-electron chi connectivity index (χ1n) is 8.54. The molecule has 0 fully saturated rings. The van der Waals surface area contributed by atoms with Gasteiger partial charge in [-0.3, -0.25) is 4.79 Å². The molecule has 0 aliphatic heterocycles. The molecule has 0 spiro atoms. The summed E-state index contributed by atoms with van der Waals surface area (Å²) < 4.78 is 33.9. The molecule has 1 amide bonds. The predicted octanol–water partition coefficient (Wildman–Crippen LogP) is 4.05. The van der Waals surface area contributed by atoms with Crippen molar-refractivity contribution in [3.05, 3.63) is 77.5 Å². The van der Waals surface area contributed by atoms with Gasteiger partial charge in [-0.2, -0.15) is 0 Å². The molecule has 8 heteroatoms. The summed E-state index contributed by atoms with van der Waals surface area (Å²) in [4.78, 5) is 25.0. The Bertz CT molecular complexity index is 999. The molecule has 0 aliphatic rings. The summed E-state index contributed by atoms with van der Waals surface area (Å²) in [6, 6.07) is 11.5. The monoisotopic (exact) mass is 399 g/mol. The maximum Gasteiger partial charge on any atom is 0.340 e. The van der Waals surface area contributed by atoms with Gasteiger partial charge in [-0.15, -0.1) is 0 Å². The molecule has 1 heterocycles. The standard InChI is InChI=1S/C21H18FNO6/c1-26-18-10-15(21(25)29-12-13-5-7-14(22)8-6-13)16(11-19(18)27-2)23-20(24)17-4-3-9-28-17/h3-11H,12H2,1-2H3,(H,23,24). The van der Waals surface area contributed by atoms with Crippen LogP contribution in [-0.2, 0) is 11.3 Å². The maximum absolute atomic E-state index is 13.0. The second-order valence-electron chi connectivity index (χ2n) is 5.89. The van der Waals surface area contributed by atoms with Crippen LogP contribution in [0.1, 0.15) is 26.5 Å². The van der Waals surface area contributed by atoms with Gasteiger partial charge >= 0.3 is 5.97 Å². The number of esters is 1. The summed E-state index contributed by atoms with van der Waals surface area (Å²) in [6.07, 6.45) is 1.36. The topological polar surface area (TPSA) is 87.0 Å². The summed E-state index contributed by atoms with van der Waals surface area (Å²) in [5.41, 5.74) is 0.833. The highest BCUT2D eigenvalue weighted by Crippen LogP contribution is 2.34. The van der Waals surface area contributed by atoms with Crippen molar-refractivity contribution in [1.29, 1.82) is 0 Å². The number of ether oxygens (including phenoxy) is 3. The van der Waals surface area contributed by atoms with E-state index in [1.54, 1.807) is 6.07 Å². The first-order chi connectivity index (χ1) is 14.0. The van der Waals surface area contributed by atoms with Crippen molar-refractivity contribution >= 4 is 17.6 Å². The Balaban J connectivity index is 1.86. The number of benzene rings is 2. The molecular formula is C21H18FNO6. The molecule has 1 aromatic heterocycles. The van der Waals surface area contributed by atoms with Crippen LogP contribution < -0.4 is 14.8 Å². The highest BCUT2D eigenvalue weighted by atomic mass is 19.1. The minimum atomic E-state index is -0.704. The molecule has 3 aromatic rings. The number of carbonyl (C=O) groups is 2. The van der Waals surface area contributed by atoms with Gasteiger partial charge in [-0.25, -0.2) is 9.18 Å². The Kier molecular flexibility index (Phi) is 6.13. The lowest BCUT2D eigenvalue weighted by Gasteiger charge is -2.15. The van der Waals surface area contributed by atoms with Crippen molar-refractivity contribution in [2.75, 3.05) is 19.5 Å². The fraction of sp³-hybridized carbons (Fsp3) is 0.143. The van der Waals surface area contributed by atoms with Crippen LogP contribution in [0.3, 0.4) is 0 Å². The second kappa shape index (κ2) is 8.92. The molecule has 0 aliphatic carbocycles. The first kappa shape index (κ1) is 19.9. The van der Waals surface area contributed by atoms with Gasteiger partial charge in [0.05, 0.1) is 31.7 Å². The van der Waals surface area contributed by atoms with Gasteiger partial charge in [0.25, 0.3) is 5.91 Å². The summed E-state index contributed by atoms with van der Waals surface area (Å²) in [5, 5.41) is 2.61. The van der Waals surface area contributed by atoms with Crippen molar-refractivity contribution in [2.45, 2.75) is 6.61 Å². The number of carbonyl (C=O) groups excluding carboxylic acids is 2. The predicted molar refractivity (Wildman–Crippen MR) is 102 cm³/mol. The lowest BCUT2D eigenvalue weighted by atomic mass is 10.1. The zero-order valence-electron chi connectivity index (χ0n) is 15.7. The van der Waals surface area contributed by atoms with E-state index in [-0.39, 0.29) is 35.2 Å². The molecule has 7 nitrogen and oxygen atoms in total. The van der Waals surface area contributed by atoms with Gasteiger partial charge in [-0.1, -0.05) is 12.1 Å². The molecule has 2 aromatic carbocycles. The van der Waals surface area contributed by atoms with Crippen molar-refractivity contribution < 1.29 is 32.6 Å². The number of amides is 1. The van der Waals surface area contributed by atoms with E-state index in [0.717, 1.165) is 0 Å². The molecule has 150 valence electrons. The number of methoxy groups -OCH3 is 2. The number of nitrogens with one attached hydrogen (secondary N) is 1. The Hall–Kier alpha value is -3.81. The van der Waals surface area contributed by atoms with Crippen molar-refractivity contribution in [3.63, 3.8) is 0 Å². The van der Waals surface area contributed by atoms with Crippen LogP contribution in [0.4, 0.5) is 10.1 Å². The normalized spacial score (nSPS) is 10.3. The van der Waals surface area contributed by atoms with Crippen LogP contribution in [0.15, 0.2) is 59.2 Å². The van der Waals surface area contributed by atoms with Crippen molar-refractivity contribution in [3.8, 4) is 11.5 Å². The molecule has 3 rings (SSSR count). The number of hydrogen-bond donors (Lipinski definition) is 1. The number of rotatable bonds is 7. The van der Waals surface area contributed by atoms with E-state index in [2.05, 4.69) is 5.32 Å². The number of anilines is 1. The summed E-state index contributed by atoms with van der Waals surface area (Å²) in [6.45, 7) is -0.0704. The van der Waals surface area contributed by atoms with Gasteiger partial charge in [0.15, 0.2) is 17.3 Å². The van der Waals surface area contributed by atoms with E-state index in [1.165, 1.54) is 62.9 Å². The van der Waals surface area contributed by atoms with Crippen LogP contribution in [-0.4, -0.2) is 26.1 Å². The maximum atomic E-state index is 13.0. The first-order valence-corrected chi connectivity index (χ1v) is 8.54. The largest absolute Gasteiger partial charge is 0.493 e. The Morgan fingerprint density at radius 1 is 1.03 bits per heavy atom. The third-order valence-corrected chi connectivity index (χ3v) is 4.02. The highest BCUT2D eigenvalue weighted by Gasteiger charge is 2.21. The van der Waals surface area contributed by atoms with Crippen LogP contribution in [0, 0.1) is 5.82 Å². The van der Waals surface area contributed by atoms with Gasteiger partial charge in [0.1, 0.15) is 12.4 Å². The van der Waals surface area contributed by atoms with Crippen molar-refractivity contribution in [1.82, 2.24) is 0 Å². The average Bonchev–Trinajstić information content (AvgIpc) is 3.28. The second-order valence-corrected chi connectivity index (χ2v) is 5.89. The van der Waals surface area contributed by atoms with Crippen LogP contribution in [0.5, 0.6) is 11.5 Å².